The van der Waals surface area contributed by atoms with E-state index in [4.69, 9.17) is 5.73 Å². The molecule has 0 fully saturated rings. The van der Waals surface area contributed by atoms with Crippen LogP contribution in [0.25, 0.3) is 0 Å². The van der Waals surface area contributed by atoms with Crippen LogP contribution >= 0.6 is 11.3 Å². The summed E-state index contributed by atoms with van der Waals surface area (Å²) in [6, 6.07) is 5.56. The Bertz CT molecular complexity index is 633. The summed E-state index contributed by atoms with van der Waals surface area (Å²) in [4.78, 5) is 3.79. The number of aryl methyl sites for hydroxylation is 1. The monoisotopic (exact) mass is 290 g/mol. The van der Waals surface area contributed by atoms with Gasteiger partial charge in [-0.3, -0.25) is 0 Å². The van der Waals surface area contributed by atoms with Crippen LogP contribution in [0.15, 0.2) is 23.6 Å². The van der Waals surface area contributed by atoms with Gasteiger partial charge in [0.2, 0.25) is 0 Å². The van der Waals surface area contributed by atoms with E-state index in [1.54, 1.807) is 6.07 Å². The van der Waals surface area contributed by atoms with E-state index in [2.05, 4.69) is 16.3 Å². The minimum Gasteiger partial charge on any atom is -0.367 e. The molecule has 1 aromatic carbocycles. The minimum atomic E-state index is -0.172. The van der Waals surface area contributed by atoms with Gasteiger partial charge in [-0.25, -0.2) is 4.39 Å². The summed E-state index contributed by atoms with van der Waals surface area (Å²) in [5, 5.41) is 2.15. The number of nitrogens with two attached hydrogens (primary N) is 1. The van der Waals surface area contributed by atoms with Crippen LogP contribution in [0.5, 0.6) is 0 Å². The summed E-state index contributed by atoms with van der Waals surface area (Å²) >= 11 is 1.83. The van der Waals surface area contributed by atoms with E-state index in [1.165, 1.54) is 10.4 Å². The molecule has 2 heterocycles. The van der Waals surface area contributed by atoms with Gasteiger partial charge < -0.3 is 10.6 Å². The summed E-state index contributed by atoms with van der Waals surface area (Å²) in [7, 11) is 0. The largest absolute Gasteiger partial charge is 0.367 e. The van der Waals surface area contributed by atoms with E-state index in [1.807, 2.05) is 31.3 Å². The standard InChI is InChI=1S/C16H19FN2S/c1-10-7-15(13(11(2)18)8-14(10)17)19-5-3-16-12(9-19)4-6-20-16/h4,6-8,11H,3,5,9,18H2,1-2H3/t11-/m0/s1. The molecule has 4 heteroatoms. The van der Waals surface area contributed by atoms with Crippen LogP contribution in [0.1, 0.15) is 34.5 Å². The summed E-state index contributed by atoms with van der Waals surface area (Å²) in [5.41, 5.74) is 10.1. The van der Waals surface area contributed by atoms with Gasteiger partial charge in [-0.1, -0.05) is 0 Å². The first-order chi connectivity index (χ1) is 9.56. The van der Waals surface area contributed by atoms with E-state index in [0.29, 0.717) is 5.56 Å². The van der Waals surface area contributed by atoms with Gasteiger partial charge in [-0.15, -0.1) is 11.3 Å². The highest BCUT2D eigenvalue weighted by Gasteiger charge is 2.21. The SMILES string of the molecule is Cc1cc(N2CCc3sccc3C2)c([C@H](C)N)cc1F. The minimum absolute atomic E-state index is 0.163. The van der Waals surface area contributed by atoms with Crippen molar-refractivity contribution in [2.75, 3.05) is 11.4 Å². The van der Waals surface area contributed by atoms with E-state index in [-0.39, 0.29) is 11.9 Å². The predicted molar refractivity (Wildman–Crippen MR) is 82.8 cm³/mol. The molecule has 1 aliphatic rings. The number of hydrogen-bond donors (Lipinski definition) is 1. The number of halogens is 1. The van der Waals surface area contributed by atoms with Crippen LogP contribution in [0.3, 0.4) is 0 Å². The van der Waals surface area contributed by atoms with E-state index >= 15 is 0 Å². The average molecular weight is 290 g/mol. The Morgan fingerprint density at radius 3 is 2.95 bits per heavy atom. The highest BCUT2D eigenvalue weighted by molar-refractivity contribution is 7.10. The zero-order chi connectivity index (χ0) is 14.3. The number of hydrogen-bond acceptors (Lipinski definition) is 3. The second-order valence-corrected chi connectivity index (χ2v) is 6.49. The van der Waals surface area contributed by atoms with Crippen molar-refractivity contribution in [2.24, 2.45) is 5.73 Å². The first-order valence-electron chi connectivity index (χ1n) is 6.92. The van der Waals surface area contributed by atoms with Crippen LogP contribution in [-0.4, -0.2) is 6.54 Å². The third-order valence-corrected chi connectivity index (χ3v) is 4.97. The van der Waals surface area contributed by atoms with Crippen molar-refractivity contribution in [2.45, 2.75) is 32.9 Å². The fraction of sp³-hybridized carbons (Fsp3) is 0.375. The summed E-state index contributed by atoms with van der Waals surface area (Å²) < 4.78 is 13.8. The summed E-state index contributed by atoms with van der Waals surface area (Å²) in [6.07, 6.45) is 1.06. The lowest BCUT2D eigenvalue weighted by molar-refractivity contribution is 0.611. The second kappa shape index (κ2) is 5.19. The lowest BCUT2D eigenvalue weighted by Gasteiger charge is -2.32. The molecule has 1 aliphatic heterocycles. The Kier molecular flexibility index (Phi) is 3.52. The van der Waals surface area contributed by atoms with Gasteiger partial charge in [0.05, 0.1) is 0 Å². The van der Waals surface area contributed by atoms with Gasteiger partial charge in [-0.05, 0) is 60.5 Å². The van der Waals surface area contributed by atoms with Crippen molar-refractivity contribution >= 4 is 17.0 Å². The lowest BCUT2D eigenvalue weighted by Crippen LogP contribution is -2.31. The molecule has 0 saturated heterocycles. The highest BCUT2D eigenvalue weighted by Crippen LogP contribution is 2.33. The molecule has 106 valence electrons. The van der Waals surface area contributed by atoms with Crippen LogP contribution in [0, 0.1) is 12.7 Å². The maximum absolute atomic E-state index is 13.8. The number of rotatable bonds is 2. The molecule has 1 aromatic heterocycles. The van der Waals surface area contributed by atoms with Crippen molar-refractivity contribution in [1.82, 2.24) is 0 Å². The summed E-state index contributed by atoms with van der Waals surface area (Å²) in [5.74, 6) is -0.172. The number of thiophene rings is 1. The lowest BCUT2D eigenvalue weighted by atomic mass is 10.0. The molecule has 0 radical (unpaired) electrons. The maximum Gasteiger partial charge on any atom is 0.126 e. The zero-order valence-corrected chi connectivity index (χ0v) is 12.6. The topological polar surface area (TPSA) is 29.3 Å². The molecule has 0 bridgehead atoms. The van der Waals surface area contributed by atoms with E-state index < -0.39 is 0 Å². The first kappa shape index (κ1) is 13.6. The smallest absolute Gasteiger partial charge is 0.126 e. The quantitative estimate of drug-likeness (QED) is 0.912. The fourth-order valence-electron chi connectivity index (χ4n) is 2.77. The van der Waals surface area contributed by atoms with Gasteiger partial charge in [-0.2, -0.15) is 0 Å². The zero-order valence-electron chi connectivity index (χ0n) is 11.8. The Balaban J connectivity index is 2.00. The van der Waals surface area contributed by atoms with Crippen molar-refractivity contribution in [3.8, 4) is 0 Å². The number of anilines is 1. The molecule has 2 N–H and O–H groups in total. The fourth-order valence-corrected chi connectivity index (χ4v) is 3.66. The Morgan fingerprint density at radius 1 is 1.40 bits per heavy atom. The Morgan fingerprint density at radius 2 is 2.20 bits per heavy atom. The van der Waals surface area contributed by atoms with Crippen molar-refractivity contribution in [3.05, 3.63) is 51.0 Å². The molecule has 0 spiro atoms. The molecule has 0 amide bonds. The molecule has 0 saturated carbocycles. The highest BCUT2D eigenvalue weighted by atomic mass is 32.1. The molecule has 0 aliphatic carbocycles. The van der Waals surface area contributed by atoms with Gasteiger partial charge >= 0.3 is 0 Å². The van der Waals surface area contributed by atoms with Crippen molar-refractivity contribution in [1.29, 1.82) is 0 Å². The van der Waals surface area contributed by atoms with Crippen molar-refractivity contribution in [3.63, 3.8) is 0 Å². The van der Waals surface area contributed by atoms with Crippen LogP contribution in [0.4, 0.5) is 10.1 Å². The molecule has 2 nitrogen and oxygen atoms in total. The molecular formula is C16H19FN2S. The predicted octanol–water partition coefficient (Wildman–Crippen LogP) is 3.78. The molecule has 2 aromatic rings. The van der Waals surface area contributed by atoms with Crippen LogP contribution in [0.2, 0.25) is 0 Å². The van der Waals surface area contributed by atoms with Gasteiger partial charge in [0.1, 0.15) is 5.82 Å². The molecule has 3 rings (SSSR count). The van der Waals surface area contributed by atoms with Gasteiger partial charge in [0.25, 0.3) is 0 Å². The molecular weight excluding hydrogens is 271 g/mol. The summed E-state index contributed by atoms with van der Waals surface area (Å²) in [6.45, 7) is 5.58. The van der Waals surface area contributed by atoms with Crippen LogP contribution < -0.4 is 10.6 Å². The van der Waals surface area contributed by atoms with Crippen LogP contribution in [-0.2, 0) is 13.0 Å². The number of benzene rings is 1. The Labute approximate surface area is 123 Å². The van der Waals surface area contributed by atoms with E-state index in [9.17, 15) is 4.39 Å². The van der Waals surface area contributed by atoms with Gasteiger partial charge in [0.15, 0.2) is 0 Å². The first-order valence-corrected chi connectivity index (χ1v) is 7.80. The third-order valence-electron chi connectivity index (χ3n) is 3.95. The number of nitrogens with zero attached hydrogens (tertiary/aromatic N) is 1. The molecule has 0 unspecified atom stereocenters. The Hall–Kier alpha value is -1.39. The second-order valence-electron chi connectivity index (χ2n) is 5.49. The maximum atomic E-state index is 13.8. The normalized spacial score (nSPS) is 16.1. The van der Waals surface area contributed by atoms with E-state index in [0.717, 1.165) is 30.8 Å². The molecule has 1 atom stereocenters. The van der Waals surface area contributed by atoms with Gasteiger partial charge in [0, 0.05) is 29.7 Å². The molecule has 20 heavy (non-hydrogen) atoms. The van der Waals surface area contributed by atoms with Crippen molar-refractivity contribution < 1.29 is 4.39 Å². The average Bonchev–Trinajstić information content (AvgIpc) is 2.88. The third kappa shape index (κ3) is 2.34. The number of fused-ring (bicyclic) bond motifs is 1.